The average Bonchev–Trinajstić information content (AvgIpc) is 3.61. The minimum absolute atomic E-state index is 0.857. The molecule has 2 heteroatoms. The second-order valence-electron chi connectivity index (χ2n) is 13.3. The molecule has 244 valence electrons. The number of nitrogens with zero attached hydrogens (tertiary/aromatic N) is 1. The van der Waals surface area contributed by atoms with Crippen LogP contribution in [0.4, 0.5) is 17.1 Å². The molecule has 10 rings (SSSR count). The fourth-order valence-corrected chi connectivity index (χ4v) is 7.87. The molecular formula is C50H33NO. The molecule has 52 heavy (non-hydrogen) atoms. The molecule has 9 aromatic carbocycles. The van der Waals surface area contributed by atoms with Crippen LogP contribution in [-0.2, 0) is 0 Å². The summed E-state index contributed by atoms with van der Waals surface area (Å²) in [7, 11) is 0. The summed E-state index contributed by atoms with van der Waals surface area (Å²) < 4.78 is 6.89. The lowest BCUT2D eigenvalue weighted by atomic mass is 9.93. The zero-order chi connectivity index (χ0) is 34.4. The van der Waals surface area contributed by atoms with E-state index in [9.17, 15) is 0 Å². The molecule has 0 saturated carbocycles. The lowest BCUT2D eigenvalue weighted by Gasteiger charge is -2.29. The van der Waals surface area contributed by atoms with E-state index in [0.717, 1.165) is 50.0 Å². The normalized spacial score (nSPS) is 11.5. The van der Waals surface area contributed by atoms with Crippen LogP contribution in [0.2, 0.25) is 0 Å². The standard InChI is InChI=1S/C50H33NO/c1-3-16-34(17-4-1)37-22-13-23-38(32-37)43-33-44-49-47(30-15-31-48(49)52-50(44)42-27-10-9-26-41(42)43)51(46-29-14-21-36-20-7-8-24-40(36)46)45-28-12-11-25-39(45)35-18-5-2-6-19-35/h1-33H. The molecule has 0 aliphatic carbocycles. The molecule has 0 fully saturated rings. The van der Waals surface area contributed by atoms with Crippen LogP contribution < -0.4 is 4.90 Å². The Morgan fingerprint density at radius 2 is 0.904 bits per heavy atom. The molecule has 0 spiro atoms. The van der Waals surface area contributed by atoms with Gasteiger partial charge in [0.15, 0.2) is 0 Å². The second kappa shape index (κ2) is 12.5. The van der Waals surface area contributed by atoms with E-state index in [0.29, 0.717) is 0 Å². The first kappa shape index (κ1) is 30.0. The van der Waals surface area contributed by atoms with Crippen LogP contribution in [-0.4, -0.2) is 0 Å². The van der Waals surface area contributed by atoms with E-state index in [1.54, 1.807) is 0 Å². The van der Waals surface area contributed by atoms with Gasteiger partial charge in [0.1, 0.15) is 11.2 Å². The first-order valence-corrected chi connectivity index (χ1v) is 17.8. The number of anilines is 3. The molecule has 10 aromatic rings. The maximum atomic E-state index is 6.89. The Bertz CT molecular complexity index is 2900. The highest BCUT2D eigenvalue weighted by atomic mass is 16.3. The van der Waals surface area contributed by atoms with Crippen LogP contribution in [0.15, 0.2) is 205 Å². The van der Waals surface area contributed by atoms with Crippen molar-refractivity contribution in [2.45, 2.75) is 0 Å². The number of rotatable bonds is 6. The largest absolute Gasteiger partial charge is 0.455 e. The van der Waals surface area contributed by atoms with E-state index >= 15 is 0 Å². The van der Waals surface area contributed by atoms with Crippen molar-refractivity contribution in [2.75, 3.05) is 4.90 Å². The molecule has 0 N–H and O–H groups in total. The van der Waals surface area contributed by atoms with Crippen LogP contribution in [0.1, 0.15) is 0 Å². The van der Waals surface area contributed by atoms with E-state index in [2.05, 4.69) is 205 Å². The van der Waals surface area contributed by atoms with E-state index in [1.165, 1.54) is 44.0 Å². The summed E-state index contributed by atoms with van der Waals surface area (Å²) in [6, 6.07) is 71.6. The molecule has 0 saturated heterocycles. The van der Waals surface area contributed by atoms with Gasteiger partial charge in [0, 0.05) is 21.7 Å². The Labute approximate surface area is 302 Å². The number of benzene rings is 9. The van der Waals surface area contributed by atoms with Crippen LogP contribution in [0.3, 0.4) is 0 Å². The highest BCUT2D eigenvalue weighted by molar-refractivity contribution is 6.23. The van der Waals surface area contributed by atoms with Crippen molar-refractivity contribution in [2.24, 2.45) is 0 Å². The zero-order valence-electron chi connectivity index (χ0n) is 28.4. The highest BCUT2D eigenvalue weighted by Gasteiger charge is 2.24. The third-order valence-corrected chi connectivity index (χ3v) is 10.2. The Morgan fingerprint density at radius 1 is 0.327 bits per heavy atom. The van der Waals surface area contributed by atoms with Crippen LogP contribution in [0, 0.1) is 0 Å². The first-order valence-electron chi connectivity index (χ1n) is 17.8. The first-order chi connectivity index (χ1) is 25.8. The molecule has 0 amide bonds. The molecule has 0 bridgehead atoms. The monoisotopic (exact) mass is 663 g/mol. The molecule has 0 aliphatic heterocycles. The van der Waals surface area contributed by atoms with Crippen LogP contribution in [0.5, 0.6) is 0 Å². The van der Waals surface area contributed by atoms with E-state index in [-0.39, 0.29) is 0 Å². The lowest BCUT2D eigenvalue weighted by molar-refractivity contribution is 0.672. The third kappa shape index (κ3) is 4.96. The van der Waals surface area contributed by atoms with Crippen molar-refractivity contribution in [1.82, 2.24) is 0 Å². The highest BCUT2D eigenvalue weighted by Crippen LogP contribution is 2.49. The average molecular weight is 664 g/mol. The molecule has 2 nitrogen and oxygen atoms in total. The Balaban J connectivity index is 1.29. The summed E-state index contributed by atoms with van der Waals surface area (Å²) >= 11 is 0. The van der Waals surface area contributed by atoms with Crippen molar-refractivity contribution < 1.29 is 4.42 Å². The molecule has 1 aromatic heterocycles. The quantitative estimate of drug-likeness (QED) is 0.176. The summed E-state index contributed by atoms with van der Waals surface area (Å²) in [5, 5.41) is 6.82. The summed E-state index contributed by atoms with van der Waals surface area (Å²) in [5.74, 6) is 0. The van der Waals surface area contributed by atoms with Crippen molar-refractivity contribution >= 4 is 60.5 Å². The van der Waals surface area contributed by atoms with Gasteiger partial charge < -0.3 is 9.32 Å². The smallest absolute Gasteiger partial charge is 0.143 e. The van der Waals surface area contributed by atoms with Gasteiger partial charge in [-0.15, -0.1) is 0 Å². The van der Waals surface area contributed by atoms with E-state index in [4.69, 9.17) is 4.42 Å². The second-order valence-corrected chi connectivity index (χ2v) is 13.3. The van der Waals surface area contributed by atoms with Gasteiger partial charge >= 0.3 is 0 Å². The SMILES string of the molecule is c1ccc(-c2cccc(-c3cc4c(oc5cccc(N(c6ccccc6-c6ccccc6)c6cccc7ccccc67)c54)c4ccccc34)c2)cc1. The lowest BCUT2D eigenvalue weighted by Crippen LogP contribution is -2.12. The summed E-state index contributed by atoms with van der Waals surface area (Å²) in [6.07, 6.45) is 0. The van der Waals surface area contributed by atoms with Gasteiger partial charge in [-0.05, 0) is 75.0 Å². The predicted octanol–water partition coefficient (Wildman–Crippen LogP) is 14.4. The number of fused-ring (bicyclic) bond motifs is 6. The van der Waals surface area contributed by atoms with Gasteiger partial charge in [-0.25, -0.2) is 0 Å². The Hall–Kier alpha value is -6.90. The van der Waals surface area contributed by atoms with Gasteiger partial charge in [0.25, 0.3) is 0 Å². The fraction of sp³-hybridized carbons (Fsp3) is 0. The number of hydrogen-bond donors (Lipinski definition) is 0. The molecule has 1 heterocycles. The minimum Gasteiger partial charge on any atom is -0.455 e. The number of hydrogen-bond acceptors (Lipinski definition) is 2. The summed E-state index contributed by atoms with van der Waals surface area (Å²) in [5.41, 5.74) is 12.1. The zero-order valence-corrected chi connectivity index (χ0v) is 28.4. The van der Waals surface area contributed by atoms with E-state index < -0.39 is 0 Å². The van der Waals surface area contributed by atoms with Gasteiger partial charge in [-0.1, -0.05) is 164 Å². The maximum Gasteiger partial charge on any atom is 0.143 e. The van der Waals surface area contributed by atoms with Crippen molar-refractivity contribution in [3.05, 3.63) is 200 Å². The minimum atomic E-state index is 0.857. The van der Waals surface area contributed by atoms with Crippen molar-refractivity contribution in [3.63, 3.8) is 0 Å². The van der Waals surface area contributed by atoms with Crippen LogP contribution >= 0.6 is 0 Å². The van der Waals surface area contributed by atoms with Crippen LogP contribution in [0.25, 0.3) is 76.9 Å². The van der Waals surface area contributed by atoms with E-state index in [1.807, 2.05) is 0 Å². The summed E-state index contributed by atoms with van der Waals surface area (Å²) in [6.45, 7) is 0. The van der Waals surface area contributed by atoms with Gasteiger partial charge in [-0.2, -0.15) is 0 Å². The predicted molar refractivity (Wildman–Crippen MR) is 220 cm³/mol. The Morgan fingerprint density at radius 3 is 1.75 bits per heavy atom. The number of para-hydroxylation sites is 1. The topological polar surface area (TPSA) is 16.4 Å². The van der Waals surface area contributed by atoms with Gasteiger partial charge in [0.05, 0.1) is 22.4 Å². The fourth-order valence-electron chi connectivity index (χ4n) is 7.87. The van der Waals surface area contributed by atoms with Gasteiger partial charge in [0.2, 0.25) is 0 Å². The van der Waals surface area contributed by atoms with Crippen molar-refractivity contribution in [3.8, 4) is 33.4 Å². The molecular weight excluding hydrogens is 631 g/mol. The summed E-state index contributed by atoms with van der Waals surface area (Å²) in [4.78, 5) is 2.44. The molecule has 0 radical (unpaired) electrons. The van der Waals surface area contributed by atoms with Crippen molar-refractivity contribution in [1.29, 1.82) is 0 Å². The maximum absolute atomic E-state index is 6.89. The molecule has 0 unspecified atom stereocenters. The Kier molecular flexibility index (Phi) is 7.18. The van der Waals surface area contributed by atoms with Gasteiger partial charge in [-0.3, -0.25) is 0 Å². The molecule has 0 aliphatic rings. The molecule has 0 atom stereocenters. The third-order valence-electron chi connectivity index (χ3n) is 10.2. The number of furan rings is 1.